The average Bonchev–Trinajstić information content (AvgIpc) is 3.10. The molecule has 0 radical (unpaired) electrons. The highest BCUT2D eigenvalue weighted by Gasteiger charge is 2.16. The van der Waals surface area contributed by atoms with Crippen LogP contribution in [0.25, 0.3) is 0 Å². The molecule has 0 aliphatic rings. The third-order valence-electron chi connectivity index (χ3n) is 3.59. The van der Waals surface area contributed by atoms with E-state index in [0.29, 0.717) is 29.4 Å². The summed E-state index contributed by atoms with van der Waals surface area (Å²) in [4.78, 5) is 28.2. The summed E-state index contributed by atoms with van der Waals surface area (Å²) >= 11 is 1.25. The molecule has 2 aromatic rings. The van der Waals surface area contributed by atoms with E-state index < -0.39 is 12.1 Å². The second-order valence-electron chi connectivity index (χ2n) is 5.65. The van der Waals surface area contributed by atoms with Gasteiger partial charge in [-0.05, 0) is 31.0 Å². The molecule has 0 bridgehead atoms. The summed E-state index contributed by atoms with van der Waals surface area (Å²) in [6.45, 7) is 4.65. The standard InChI is InChI=1S/C18H23FN4O3S/c1-3-15(26-4-2)16(24)20-10-14-11-27-18(22-14)23-17(25)21-9-12-6-5-7-13(19)8-12/h5-8,11,15H,3-4,9-10H2,1-2H3,(H,20,24)(H2,21,22,23,25). The van der Waals surface area contributed by atoms with Crippen LogP contribution in [0.2, 0.25) is 0 Å². The quantitative estimate of drug-likeness (QED) is 0.610. The number of amides is 3. The third kappa shape index (κ3) is 6.95. The zero-order chi connectivity index (χ0) is 19.6. The van der Waals surface area contributed by atoms with Crippen LogP contribution < -0.4 is 16.0 Å². The highest BCUT2D eigenvalue weighted by Crippen LogP contribution is 2.15. The van der Waals surface area contributed by atoms with Crippen molar-refractivity contribution in [2.75, 3.05) is 11.9 Å². The summed E-state index contributed by atoms with van der Waals surface area (Å²) in [5, 5.41) is 10.2. The molecule has 0 saturated heterocycles. The minimum atomic E-state index is -0.472. The van der Waals surface area contributed by atoms with Crippen molar-refractivity contribution >= 4 is 28.4 Å². The largest absolute Gasteiger partial charge is 0.369 e. The van der Waals surface area contributed by atoms with E-state index in [-0.39, 0.29) is 24.8 Å². The molecular weight excluding hydrogens is 371 g/mol. The van der Waals surface area contributed by atoms with Crippen LogP contribution in [0.1, 0.15) is 31.5 Å². The van der Waals surface area contributed by atoms with Crippen molar-refractivity contribution in [3.63, 3.8) is 0 Å². The Kier molecular flexibility index (Phi) is 8.15. The maximum absolute atomic E-state index is 13.1. The first-order chi connectivity index (χ1) is 13.0. The minimum Gasteiger partial charge on any atom is -0.369 e. The number of thiazole rings is 1. The Bertz CT molecular complexity index is 769. The Morgan fingerprint density at radius 2 is 2.07 bits per heavy atom. The van der Waals surface area contributed by atoms with Crippen LogP contribution in [-0.4, -0.2) is 29.6 Å². The zero-order valence-electron chi connectivity index (χ0n) is 15.3. The average molecular weight is 394 g/mol. The van der Waals surface area contributed by atoms with E-state index in [1.807, 2.05) is 13.8 Å². The molecule has 0 saturated carbocycles. The van der Waals surface area contributed by atoms with Crippen LogP contribution in [-0.2, 0) is 22.6 Å². The fourth-order valence-corrected chi connectivity index (χ4v) is 2.99. The number of nitrogens with one attached hydrogen (secondary N) is 3. The molecule has 0 fully saturated rings. The van der Waals surface area contributed by atoms with Gasteiger partial charge >= 0.3 is 6.03 Å². The molecule has 0 spiro atoms. The predicted octanol–water partition coefficient (Wildman–Crippen LogP) is 3.04. The van der Waals surface area contributed by atoms with Gasteiger partial charge in [-0.15, -0.1) is 11.3 Å². The van der Waals surface area contributed by atoms with E-state index in [4.69, 9.17) is 4.74 Å². The molecule has 2 rings (SSSR count). The topological polar surface area (TPSA) is 92.4 Å². The Balaban J connectivity index is 1.77. The number of aromatic nitrogens is 1. The fourth-order valence-electron chi connectivity index (χ4n) is 2.29. The lowest BCUT2D eigenvalue weighted by atomic mass is 10.2. The van der Waals surface area contributed by atoms with Crippen molar-refractivity contribution in [2.24, 2.45) is 0 Å². The summed E-state index contributed by atoms with van der Waals surface area (Å²) in [6, 6.07) is 5.57. The highest BCUT2D eigenvalue weighted by atomic mass is 32.1. The van der Waals surface area contributed by atoms with Crippen molar-refractivity contribution in [2.45, 2.75) is 39.5 Å². The van der Waals surface area contributed by atoms with Gasteiger partial charge in [0.15, 0.2) is 5.13 Å². The summed E-state index contributed by atoms with van der Waals surface area (Å²) in [7, 11) is 0. The van der Waals surface area contributed by atoms with E-state index in [1.165, 1.54) is 23.5 Å². The van der Waals surface area contributed by atoms with Crippen LogP contribution >= 0.6 is 11.3 Å². The molecule has 0 aliphatic heterocycles. The van der Waals surface area contributed by atoms with Crippen molar-refractivity contribution in [3.05, 3.63) is 46.7 Å². The van der Waals surface area contributed by atoms with Crippen LogP contribution in [0, 0.1) is 5.82 Å². The number of halogens is 1. The second-order valence-corrected chi connectivity index (χ2v) is 6.51. The Hall–Kier alpha value is -2.52. The maximum atomic E-state index is 13.1. The predicted molar refractivity (Wildman–Crippen MR) is 102 cm³/mol. The molecule has 1 unspecified atom stereocenters. The molecule has 3 amide bonds. The van der Waals surface area contributed by atoms with Crippen molar-refractivity contribution in [1.82, 2.24) is 15.6 Å². The summed E-state index contributed by atoms with van der Waals surface area (Å²) in [5.74, 6) is -0.536. The van der Waals surface area contributed by atoms with Gasteiger partial charge in [-0.2, -0.15) is 0 Å². The van der Waals surface area contributed by atoms with Gasteiger partial charge < -0.3 is 15.4 Å². The van der Waals surface area contributed by atoms with Gasteiger partial charge in [-0.25, -0.2) is 14.2 Å². The number of ether oxygens (including phenoxy) is 1. The second kappa shape index (κ2) is 10.6. The molecule has 0 aliphatic carbocycles. The first kappa shape index (κ1) is 20.8. The Morgan fingerprint density at radius 1 is 1.26 bits per heavy atom. The molecular formula is C18H23FN4O3S. The van der Waals surface area contributed by atoms with Crippen LogP contribution in [0.5, 0.6) is 0 Å². The number of rotatable bonds is 9. The monoisotopic (exact) mass is 394 g/mol. The van der Waals surface area contributed by atoms with E-state index in [9.17, 15) is 14.0 Å². The van der Waals surface area contributed by atoms with Crippen molar-refractivity contribution < 1.29 is 18.7 Å². The van der Waals surface area contributed by atoms with Crippen LogP contribution in [0.4, 0.5) is 14.3 Å². The lowest BCUT2D eigenvalue weighted by molar-refractivity contribution is -0.132. The van der Waals surface area contributed by atoms with E-state index >= 15 is 0 Å². The molecule has 146 valence electrons. The molecule has 1 aromatic heterocycles. The number of hydrogen-bond acceptors (Lipinski definition) is 5. The molecule has 1 heterocycles. The number of hydrogen-bond donors (Lipinski definition) is 3. The lowest BCUT2D eigenvalue weighted by Gasteiger charge is -2.14. The number of nitrogens with zero attached hydrogens (tertiary/aromatic N) is 1. The normalized spacial score (nSPS) is 11.7. The molecule has 1 atom stereocenters. The number of urea groups is 1. The molecule has 7 nitrogen and oxygen atoms in total. The SMILES string of the molecule is CCOC(CC)C(=O)NCc1csc(NC(=O)NCc2cccc(F)c2)n1. The number of carbonyl (C=O) groups excluding carboxylic acids is 2. The third-order valence-corrected chi connectivity index (χ3v) is 4.40. The van der Waals surface area contributed by atoms with Crippen molar-refractivity contribution in [3.8, 4) is 0 Å². The molecule has 27 heavy (non-hydrogen) atoms. The number of anilines is 1. The number of carbonyl (C=O) groups is 2. The van der Waals surface area contributed by atoms with Gasteiger partial charge in [-0.3, -0.25) is 10.1 Å². The number of benzene rings is 1. The minimum absolute atomic E-state index is 0.185. The molecule has 9 heteroatoms. The highest BCUT2D eigenvalue weighted by molar-refractivity contribution is 7.13. The maximum Gasteiger partial charge on any atom is 0.321 e. The first-order valence-electron chi connectivity index (χ1n) is 8.64. The smallest absolute Gasteiger partial charge is 0.321 e. The fraction of sp³-hybridized carbons (Fsp3) is 0.389. The lowest BCUT2D eigenvalue weighted by Crippen LogP contribution is -2.35. The van der Waals surface area contributed by atoms with Gasteiger partial charge in [0.25, 0.3) is 0 Å². The zero-order valence-corrected chi connectivity index (χ0v) is 16.1. The molecule has 1 aromatic carbocycles. The summed E-state index contributed by atoms with van der Waals surface area (Å²) in [5.41, 5.74) is 1.30. The van der Waals surface area contributed by atoms with Gasteiger partial charge in [0.05, 0.1) is 12.2 Å². The Labute approximate surface area is 161 Å². The van der Waals surface area contributed by atoms with E-state index in [1.54, 1.807) is 17.5 Å². The Morgan fingerprint density at radius 3 is 2.78 bits per heavy atom. The first-order valence-corrected chi connectivity index (χ1v) is 9.52. The van der Waals surface area contributed by atoms with Crippen LogP contribution in [0.3, 0.4) is 0 Å². The van der Waals surface area contributed by atoms with E-state index in [0.717, 1.165) is 0 Å². The van der Waals surface area contributed by atoms with E-state index in [2.05, 4.69) is 20.9 Å². The van der Waals surface area contributed by atoms with Gasteiger partial charge in [0.2, 0.25) is 5.91 Å². The van der Waals surface area contributed by atoms with Crippen LogP contribution in [0.15, 0.2) is 29.6 Å². The molecule has 3 N–H and O–H groups in total. The summed E-state index contributed by atoms with van der Waals surface area (Å²) < 4.78 is 18.5. The summed E-state index contributed by atoms with van der Waals surface area (Å²) in [6.07, 6.45) is 0.120. The van der Waals surface area contributed by atoms with Gasteiger partial charge in [-0.1, -0.05) is 19.1 Å². The van der Waals surface area contributed by atoms with Crippen molar-refractivity contribution in [1.29, 1.82) is 0 Å². The van der Waals surface area contributed by atoms with Gasteiger partial charge in [0, 0.05) is 18.5 Å². The van der Waals surface area contributed by atoms with Gasteiger partial charge in [0.1, 0.15) is 11.9 Å².